The van der Waals surface area contributed by atoms with E-state index in [1.54, 1.807) is 0 Å². The van der Waals surface area contributed by atoms with Crippen LogP contribution in [-0.4, -0.2) is 0 Å². The topological polar surface area (TPSA) is 47.6 Å². The molecule has 0 aliphatic heterocycles. The van der Waals surface area contributed by atoms with Crippen molar-refractivity contribution in [1.82, 2.24) is 0 Å². The summed E-state index contributed by atoms with van der Waals surface area (Å²) < 4.78 is 0.812. The lowest BCUT2D eigenvalue weighted by molar-refractivity contribution is 0.643. The third-order valence-electron chi connectivity index (χ3n) is 2.35. The van der Waals surface area contributed by atoms with Crippen molar-refractivity contribution < 1.29 is 0 Å². The molecule has 0 spiro atoms. The molecule has 1 aromatic rings. The zero-order chi connectivity index (χ0) is 12.1. The second kappa shape index (κ2) is 5.68. The molecule has 1 rings (SSSR count). The third kappa shape index (κ3) is 2.84. The second-order valence-corrected chi connectivity index (χ2v) is 4.96. The molecule has 0 amide bonds. The summed E-state index contributed by atoms with van der Waals surface area (Å²) in [6, 6.07) is 8.12. The molecule has 0 aromatic heterocycles. The molecular weight excluding hydrogens is 264 g/mol. The van der Waals surface area contributed by atoms with Crippen molar-refractivity contribution in [3.8, 4) is 12.1 Å². The Hall–Kier alpha value is -1.32. The van der Waals surface area contributed by atoms with Crippen LogP contribution < -0.4 is 0 Å². The van der Waals surface area contributed by atoms with E-state index in [0.717, 1.165) is 22.0 Å². The molecule has 0 aliphatic carbocycles. The lowest BCUT2D eigenvalue weighted by atomic mass is 9.92. The van der Waals surface area contributed by atoms with E-state index in [-0.39, 0.29) is 0 Å². The summed E-state index contributed by atoms with van der Waals surface area (Å²) in [5.74, 6) is 0.471. The van der Waals surface area contributed by atoms with Crippen LogP contribution in [0.1, 0.15) is 30.5 Å². The maximum absolute atomic E-state index is 9.14. The summed E-state index contributed by atoms with van der Waals surface area (Å²) in [6.45, 7) is 4.22. The predicted octanol–water partition coefficient (Wildman–Crippen LogP) is 3.59. The van der Waals surface area contributed by atoms with Crippen LogP contribution in [-0.2, 0) is 12.8 Å². The minimum absolute atomic E-state index is 0.365. The van der Waals surface area contributed by atoms with Gasteiger partial charge in [-0.1, -0.05) is 19.9 Å². The van der Waals surface area contributed by atoms with Crippen LogP contribution >= 0.6 is 15.9 Å². The smallest absolute Gasteiger partial charge is 0.101 e. The van der Waals surface area contributed by atoms with Gasteiger partial charge in [-0.25, -0.2) is 0 Å². The molecule has 0 unspecified atom stereocenters. The molecule has 0 radical (unpaired) electrons. The van der Waals surface area contributed by atoms with Gasteiger partial charge in [0.25, 0.3) is 0 Å². The molecule has 0 aliphatic rings. The predicted molar refractivity (Wildman–Crippen MR) is 66.7 cm³/mol. The summed E-state index contributed by atoms with van der Waals surface area (Å²) in [5.41, 5.74) is 2.64. The first-order valence-corrected chi connectivity index (χ1v) is 5.96. The number of benzene rings is 1. The van der Waals surface area contributed by atoms with Gasteiger partial charge in [0.2, 0.25) is 0 Å². The molecule has 2 nitrogen and oxygen atoms in total. The summed E-state index contributed by atoms with van der Waals surface area (Å²) in [6.07, 6.45) is 1.20. The first-order valence-electron chi connectivity index (χ1n) is 5.17. The Morgan fingerprint density at radius 1 is 1.31 bits per heavy atom. The lowest BCUT2D eigenvalue weighted by Crippen LogP contribution is -2.03. The standard InChI is InChI=1S/C13H13BrN2/c1-9(2)7-11-10(5-6-15)3-4-13(14)12(11)8-16/h3-4,9H,5,7H2,1-2H3. The summed E-state index contributed by atoms with van der Waals surface area (Å²) >= 11 is 3.38. The number of nitrogens with zero attached hydrogens (tertiary/aromatic N) is 2. The number of hydrogen-bond acceptors (Lipinski definition) is 2. The van der Waals surface area contributed by atoms with Crippen molar-refractivity contribution in [3.05, 3.63) is 33.3 Å². The van der Waals surface area contributed by atoms with E-state index in [9.17, 15) is 0 Å². The van der Waals surface area contributed by atoms with E-state index in [4.69, 9.17) is 10.5 Å². The minimum atomic E-state index is 0.365. The van der Waals surface area contributed by atoms with Gasteiger partial charge in [-0.3, -0.25) is 0 Å². The lowest BCUT2D eigenvalue weighted by Gasteiger charge is -2.12. The van der Waals surface area contributed by atoms with Crippen molar-refractivity contribution in [2.75, 3.05) is 0 Å². The van der Waals surface area contributed by atoms with Crippen LogP contribution in [0.2, 0.25) is 0 Å². The molecular formula is C13H13BrN2. The molecule has 1 aromatic carbocycles. The number of hydrogen-bond donors (Lipinski definition) is 0. The number of rotatable bonds is 3. The molecule has 0 bridgehead atoms. The fourth-order valence-electron chi connectivity index (χ4n) is 1.68. The van der Waals surface area contributed by atoms with Crippen LogP contribution in [0.25, 0.3) is 0 Å². The van der Waals surface area contributed by atoms with Crippen molar-refractivity contribution >= 4 is 15.9 Å². The zero-order valence-corrected chi connectivity index (χ0v) is 11.0. The fraction of sp³-hybridized carbons (Fsp3) is 0.385. The Labute approximate surface area is 105 Å². The van der Waals surface area contributed by atoms with Gasteiger partial charge in [0.15, 0.2) is 0 Å². The van der Waals surface area contributed by atoms with Crippen molar-refractivity contribution in [1.29, 1.82) is 10.5 Å². The van der Waals surface area contributed by atoms with E-state index in [1.807, 2.05) is 12.1 Å². The van der Waals surface area contributed by atoms with E-state index in [1.165, 1.54) is 0 Å². The molecule has 0 fully saturated rings. The Kier molecular flexibility index (Phi) is 4.52. The van der Waals surface area contributed by atoms with Gasteiger partial charge in [0.1, 0.15) is 6.07 Å². The van der Waals surface area contributed by atoms with Crippen LogP contribution in [0.5, 0.6) is 0 Å². The number of nitriles is 2. The minimum Gasteiger partial charge on any atom is -0.198 e. The summed E-state index contributed by atoms with van der Waals surface area (Å²) in [7, 11) is 0. The molecule has 3 heteroatoms. The molecule has 82 valence electrons. The van der Waals surface area contributed by atoms with Gasteiger partial charge in [-0.05, 0) is 45.5 Å². The molecule has 0 atom stereocenters. The maximum Gasteiger partial charge on any atom is 0.101 e. The van der Waals surface area contributed by atoms with Crippen LogP contribution in [0, 0.1) is 28.6 Å². The highest BCUT2D eigenvalue weighted by molar-refractivity contribution is 9.10. The summed E-state index contributed by atoms with van der Waals surface area (Å²) in [5, 5.41) is 17.9. The van der Waals surface area contributed by atoms with E-state index in [0.29, 0.717) is 17.9 Å². The summed E-state index contributed by atoms with van der Waals surface area (Å²) in [4.78, 5) is 0. The highest BCUT2D eigenvalue weighted by Gasteiger charge is 2.12. The van der Waals surface area contributed by atoms with Crippen molar-refractivity contribution in [2.24, 2.45) is 5.92 Å². The molecule has 0 saturated carbocycles. The third-order valence-corrected chi connectivity index (χ3v) is 3.01. The normalized spacial score (nSPS) is 9.88. The first-order chi connectivity index (χ1) is 7.60. The Bertz CT molecular complexity index is 464. The van der Waals surface area contributed by atoms with Gasteiger partial charge in [-0.15, -0.1) is 0 Å². The Balaban J connectivity index is 3.31. The molecule has 16 heavy (non-hydrogen) atoms. The van der Waals surface area contributed by atoms with Crippen LogP contribution in [0.15, 0.2) is 16.6 Å². The monoisotopic (exact) mass is 276 g/mol. The average molecular weight is 277 g/mol. The van der Waals surface area contributed by atoms with Crippen LogP contribution in [0.4, 0.5) is 0 Å². The van der Waals surface area contributed by atoms with E-state index in [2.05, 4.69) is 41.9 Å². The average Bonchev–Trinajstić information content (AvgIpc) is 2.22. The first kappa shape index (κ1) is 12.7. The van der Waals surface area contributed by atoms with E-state index < -0.39 is 0 Å². The van der Waals surface area contributed by atoms with Gasteiger partial charge >= 0.3 is 0 Å². The number of halogens is 1. The SMILES string of the molecule is CC(C)Cc1c(CC#N)ccc(Br)c1C#N. The van der Waals surface area contributed by atoms with Gasteiger partial charge in [0.05, 0.1) is 18.1 Å². The van der Waals surface area contributed by atoms with Gasteiger partial charge in [-0.2, -0.15) is 10.5 Å². The largest absolute Gasteiger partial charge is 0.198 e. The quantitative estimate of drug-likeness (QED) is 0.847. The Morgan fingerprint density at radius 2 is 2.00 bits per heavy atom. The van der Waals surface area contributed by atoms with E-state index >= 15 is 0 Å². The molecule has 0 N–H and O–H groups in total. The fourth-order valence-corrected chi connectivity index (χ4v) is 2.14. The Morgan fingerprint density at radius 3 is 2.50 bits per heavy atom. The molecule has 0 saturated heterocycles. The maximum atomic E-state index is 9.14. The van der Waals surface area contributed by atoms with Gasteiger partial charge in [0, 0.05) is 4.47 Å². The highest BCUT2D eigenvalue weighted by atomic mass is 79.9. The molecule has 0 heterocycles. The highest BCUT2D eigenvalue weighted by Crippen LogP contribution is 2.26. The van der Waals surface area contributed by atoms with Crippen molar-refractivity contribution in [3.63, 3.8) is 0 Å². The van der Waals surface area contributed by atoms with Gasteiger partial charge < -0.3 is 0 Å². The van der Waals surface area contributed by atoms with Crippen LogP contribution in [0.3, 0.4) is 0 Å². The van der Waals surface area contributed by atoms with Crippen molar-refractivity contribution in [2.45, 2.75) is 26.7 Å². The zero-order valence-electron chi connectivity index (χ0n) is 9.42. The second-order valence-electron chi connectivity index (χ2n) is 4.10.